The zero-order valence-corrected chi connectivity index (χ0v) is 12.6. The molecular weight excluding hydrogens is 276 g/mol. The molecule has 0 aliphatic carbocycles. The van der Waals surface area contributed by atoms with Gasteiger partial charge in [-0.25, -0.2) is 0 Å². The Morgan fingerprint density at radius 1 is 1.50 bits per heavy atom. The van der Waals surface area contributed by atoms with Crippen molar-refractivity contribution in [3.8, 4) is 0 Å². The van der Waals surface area contributed by atoms with E-state index in [2.05, 4.69) is 0 Å². The zero-order valence-electron chi connectivity index (χ0n) is 11.8. The first kappa shape index (κ1) is 14.7. The number of nitrogens with zero attached hydrogens (tertiary/aromatic N) is 1. The van der Waals surface area contributed by atoms with Gasteiger partial charge in [-0.3, -0.25) is 14.5 Å². The molecule has 1 aliphatic rings. The average Bonchev–Trinajstić information content (AvgIpc) is 2.33. The quantitative estimate of drug-likeness (QED) is 0.682. The van der Waals surface area contributed by atoms with Crippen molar-refractivity contribution in [3.63, 3.8) is 0 Å². The van der Waals surface area contributed by atoms with Crippen LogP contribution in [-0.2, 0) is 14.3 Å². The van der Waals surface area contributed by atoms with Gasteiger partial charge in [-0.2, -0.15) is 0 Å². The van der Waals surface area contributed by atoms with Crippen LogP contribution in [0.1, 0.15) is 20.8 Å². The van der Waals surface area contributed by atoms with E-state index in [0.29, 0.717) is 11.4 Å². The van der Waals surface area contributed by atoms with E-state index in [0.717, 1.165) is 4.90 Å². The maximum absolute atomic E-state index is 12.3. The van der Waals surface area contributed by atoms with Gasteiger partial charge in [-0.05, 0) is 39.0 Å². The summed E-state index contributed by atoms with van der Waals surface area (Å²) in [6.45, 7) is 5.31. The molecule has 1 aliphatic heterocycles. The molecule has 0 saturated heterocycles. The number of carbonyl (C=O) groups is 2. The third kappa shape index (κ3) is 3.07. The Morgan fingerprint density at radius 3 is 2.85 bits per heavy atom. The van der Waals surface area contributed by atoms with Gasteiger partial charge in [0.25, 0.3) is 0 Å². The molecule has 0 radical (unpaired) electrons. The number of fused-ring (bicyclic) bond motifs is 1. The third-order valence-corrected chi connectivity index (χ3v) is 3.98. The summed E-state index contributed by atoms with van der Waals surface area (Å²) in [7, 11) is 0. The lowest BCUT2D eigenvalue weighted by Crippen LogP contribution is -2.43. The summed E-state index contributed by atoms with van der Waals surface area (Å²) in [5, 5.41) is -0.240. The lowest BCUT2D eigenvalue weighted by atomic mass is 10.2. The first-order chi connectivity index (χ1) is 9.38. The number of benzene rings is 1. The normalized spacial score (nSPS) is 18.1. The number of ether oxygens (including phenoxy) is 1. The predicted molar refractivity (Wildman–Crippen MR) is 79.8 cm³/mol. The fourth-order valence-corrected chi connectivity index (χ4v) is 3.13. The Bertz CT molecular complexity index is 545. The maximum atomic E-state index is 12.3. The van der Waals surface area contributed by atoms with E-state index in [1.54, 1.807) is 26.0 Å². The number of nitrogen functional groups attached to an aromatic ring is 1. The second-order valence-corrected chi connectivity index (χ2v) is 6.33. The first-order valence-corrected chi connectivity index (χ1v) is 7.33. The Labute approximate surface area is 122 Å². The lowest BCUT2D eigenvalue weighted by molar-refractivity contribution is -0.146. The molecule has 0 fully saturated rings. The molecule has 1 heterocycles. The van der Waals surface area contributed by atoms with Crippen LogP contribution in [0.5, 0.6) is 0 Å². The highest BCUT2D eigenvalue weighted by Gasteiger charge is 2.32. The van der Waals surface area contributed by atoms with Gasteiger partial charge in [0.15, 0.2) is 0 Å². The van der Waals surface area contributed by atoms with Gasteiger partial charge in [-0.1, -0.05) is 0 Å². The van der Waals surface area contributed by atoms with Crippen LogP contribution in [0, 0.1) is 0 Å². The van der Waals surface area contributed by atoms with Crippen molar-refractivity contribution in [1.82, 2.24) is 0 Å². The highest BCUT2D eigenvalue weighted by molar-refractivity contribution is 8.01. The van der Waals surface area contributed by atoms with E-state index >= 15 is 0 Å². The molecule has 1 aromatic carbocycles. The largest absolute Gasteiger partial charge is 0.462 e. The highest BCUT2D eigenvalue weighted by atomic mass is 32.2. The van der Waals surface area contributed by atoms with Crippen LogP contribution in [0.15, 0.2) is 23.1 Å². The van der Waals surface area contributed by atoms with Gasteiger partial charge in [-0.15, -0.1) is 11.8 Å². The molecule has 0 bridgehead atoms. The van der Waals surface area contributed by atoms with Crippen molar-refractivity contribution in [2.45, 2.75) is 37.0 Å². The Hall–Kier alpha value is -1.69. The molecule has 108 valence electrons. The van der Waals surface area contributed by atoms with E-state index < -0.39 is 5.97 Å². The molecule has 2 N–H and O–H groups in total. The van der Waals surface area contributed by atoms with E-state index in [1.807, 2.05) is 13.0 Å². The first-order valence-electron chi connectivity index (χ1n) is 6.45. The van der Waals surface area contributed by atoms with Crippen LogP contribution in [0.25, 0.3) is 0 Å². The highest BCUT2D eigenvalue weighted by Crippen LogP contribution is 2.40. The van der Waals surface area contributed by atoms with Gasteiger partial charge in [0, 0.05) is 10.6 Å². The molecule has 1 atom stereocenters. The molecule has 0 saturated carbocycles. The van der Waals surface area contributed by atoms with E-state index in [4.69, 9.17) is 10.5 Å². The SMILES string of the molecule is CC(C)OC(=O)CN1C(=O)C(C)Sc2cc(N)ccc21. The number of thioether (sulfide) groups is 1. The Balaban J connectivity index is 2.27. The summed E-state index contributed by atoms with van der Waals surface area (Å²) in [6, 6.07) is 5.32. The van der Waals surface area contributed by atoms with Gasteiger partial charge in [0.1, 0.15) is 6.54 Å². The summed E-state index contributed by atoms with van der Waals surface area (Å²) >= 11 is 1.46. The summed E-state index contributed by atoms with van der Waals surface area (Å²) in [5.41, 5.74) is 7.12. The number of anilines is 2. The standard InChI is InChI=1S/C14H18N2O3S/c1-8(2)19-13(17)7-16-11-5-4-10(15)6-12(11)20-9(3)14(16)18/h4-6,8-9H,7,15H2,1-3H3. The Morgan fingerprint density at radius 2 is 2.20 bits per heavy atom. The van der Waals surface area contributed by atoms with E-state index in [9.17, 15) is 9.59 Å². The van der Waals surface area contributed by atoms with Crippen LogP contribution in [-0.4, -0.2) is 29.8 Å². The van der Waals surface area contributed by atoms with Crippen LogP contribution < -0.4 is 10.6 Å². The molecule has 2 rings (SSSR count). The van der Waals surface area contributed by atoms with Crippen molar-refractivity contribution in [3.05, 3.63) is 18.2 Å². The van der Waals surface area contributed by atoms with Gasteiger partial charge >= 0.3 is 5.97 Å². The van der Waals surface area contributed by atoms with Crippen molar-refractivity contribution >= 4 is 35.0 Å². The fraction of sp³-hybridized carbons (Fsp3) is 0.429. The maximum Gasteiger partial charge on any atom is 0.326 e. The number of hydrogen-bond acceptors (Lipinski definition) is 5. The summed E-state index contributed by atoms with van der Waals surface area (Å²) in [4.78, 5) is 26.4. The molecular formula is C14H18N2O3S. The predicted octanol–water partition coefficient (Wildman–Crippen LogP) is 2.05. The number of carbonyl (C=O) groups excluding carboxylic acids is 2. The number of amides is 1. The minimum Gasteiger partial charge on any atom is -0.462 e. The summed E-state index contributed by atoms with van der Waals surface area (Å²) in [6.07, 6.45) is -0.194. The van der Waals surface area contributed by atoms with Crippen molar-refractivity contribution in [1.29, 1.82) is 0 Å². The lowest BCUT2D eigenvalue weighted by Gasteiger charge is -2.31. The molecule has 5 nitrogen and oxygen atoms in total. The van der Waals surface area contributed by atoms with Crippen molar-refractivity contribution in [2.24, 2.45) is 0 Å². The summed E-state index contributed by atoms with van der Waals surface area (Å²) < 4.78 is 5.11. The summed E-state index contributed by atoms with van der Waals surface area (Å²) in [5.74, 6) is -0.497. The topological polar surface area (TPSA) is 72.6 Å². The minimum absolute atomic E-state index is 0.0706. The fourth-order valence-electron chi connectivity index (χ4n) is 2.02. The third-order valence-electron chi connectivity index (χ3n) is 2.85. The molecule has 1 unspecified atom stereocenters. The molecule has 6 heteroatoms. The van der Waals surface area contributed by atoms with Crippen LogP contribution >= 0.6 is 11.8 Å². The van der Waals surface area contributed by atoms with E-state index in [-0.39, 0.29) is 23.8 Å². The smallest absolute Gasteiger partial charge is 0.326 e. The molecule has 0 aromatic heterocycles. The zero-order chi connectivity index (χ0) is 14.9. The number of esters is 1. The van der Waals surface area contributed by atoms with Gasteiger partial charge < -0.3 is 10.5 Å². The van der Waals surface area contributed by atoms with Gasteiger partial charge in [0.05, 0.1) is 17.0 Å². The van der Waals surface area contributed by atoms with Crippen molar-refractivity contribution in [2.75, 3.05) is 17.2 Å². The van der Waals surface area contributed by atoms with Crippen LogP contribution in [0.4, 0.5) is 11.4 Å². The van der Waals surface area contributed by atoms with Crippen molar-refractivity contribution < 1.29 is 14.3 Å². The van der Waals surface area contributed by atoms with Crippen LogP contribution in [0.3, 0.4) is 0 Å². The van der Waals surface area contributed by atoms with Crippen LogP contribution in [0.2, 0.25) is 0 Å². The second-order valence-electron chi connectivity index (χ2n) is 4.95. The number of nitrogens with two attached hydrogens (primary N) is 1. The molecule has 1 amide bonds. The molecule has 20 heavy (non-hydrogen) atoms. The van der Waals surface area contributed by atoms with Gasteiger partial charge in [0.2, 0.25) is 5.91 Å². The molecule has 0 spiro atoms. The minimum atomic E-state index is -0.407. The second kappa shape index (κ2) is 5.75. The number of rotatable bonds is 3. The Kier molecular flexibility index (Phi) is 4.23. The monoisotopic (exact) mass is 294 g/mol. The number of hydrogen-bond donors (Lipinski definition) is 1. The van der Waals surface area contributed by atoms with E-state index in [1.165, 1.54) is 16.7 Å². The average molecular weight is 294 g/mol. The molecule has 1 aromatic rings.